The van der Waals surface area contributed by atoms with E-state index in [9.17, 15) is 9.59 Å². The van der Waals surface area contributed by atoms with Crippen LogP contribution in [-0.4, -0.2) is 29.1 Å². The van der Waals surface area contributed by atoms with Crippen LogP contribution in [0.1, 0.15) is 16.8 Å². The number of nitrogens with two attached hydrogens (primary N) is 1. The van der Waals surface area contributed by atoms with Gasteiger partial charge < -0.3 is 11.1 Å². The van der Waals surface area contributed by atoms with Gasteiger partial charge in [0.25, 0.3) is 0 Å². The minimum Gasteiger partial charge on any atom is -0.332 e. The zero-order chi connectivity index (χ0) is 15.5. The van der Waals surface area contributed by atoms with Crippen LogP contribution in [-0.2, 0) is 4.79 Å². The zero-order valence-electron chi connectivity index (χ0n) is 11.9. The van der Waals surface area contributed by atoms with E-state index in [0.29, 0.717) is 5.56 Å². The first kappa shape index (κ1) is 15.0. The lowest BCUT2D eigenvalue weighted by Gasteiger charge is -2.28. The molecular weight excluding hydrogens is 298 g/mol. The predicted octanol–water partition coefficient (Wildman–Crippen LogP) is 1.43. The molecule has 0 aromatic heterocycles. The fourth-order valence-corrected chi connectivity index (χ4v) is 3.45. The highest BCUT2D eigenvalue weighted by atomic mass is 32.2. The van der Waals surface area contributed by atoms with Gasteiger partial charge in [-0.1, -0.05) is 42.5 Å². The molecule has 1 aliphatic rings. The highest BCUT2D eigenvalue weighted by Gasteiger charge is 2.24. The van der Waals surface area contributed by atoms with E-state index in [1.807, 2.05) is 42.5 Å². The molecule has 0 aliphatic carbocycles. The Hall–Kier alpha value is -1.89. The van der Waals surface area contributed by atoms with E-state index in [4.69, 9.17) is 5.73 Å². The van der Waals surface area contributed by atoms with Crippen LogP contribution in [0, 0.1) is 0 Å². The Bertz CT molecular complexity index is 714. The molecule has 1 saturated heterocycles. The summed E-state index contributed by atoms with van der Waals surface area (Å²) in [5.74, 6) is 0.219. The molecule has 22 heavy (non-hydrogen) atoms. The average molecular weight is 315 g/mol. The molecule has 114 valence electrons. The molecule has 2 atom stereocenters. The van der Waals surface area contributed by atoms with Crippen molar-refractivity contribution in [3.63, 3.8) is 0 Å². The number of ketones is 1. The van der Waals surface area contributed by atoms with E-state index in [-0.39, 0.29) is 35.5 Å². The molecule has 1 amide bonds. The van der Waals surface area contributed by atoms with E-state index in [2.05, 4.69) is 10.6 Å². The molecule has 6 heteroatoms. The first-order valence-electron chi connectivity index (χ1n) is 7.07. The molecule has 2 aromatic rings. The predicted molar refractivity (Wildman–Crippen MR) is 88.4 cm³/mol. The van der Waals surface area contributed by atoms with Crippen molar-refractivity contribution in [3.8, 4) is 0 Å². The number of Topliss-reactive ketones (excluding diaryl/α,β-unsaturated/α-hetero) is 1. The topological polar surface area (TPSA) is 84.2 Å². The van der Waals surface area contributed by atoms with Crippen LogP contribution in [0.25, 0.3) is 10.8 Å². The van der Waals surface area contributed by atoms with Crippen molar-refractivity contribution in [2.24, 2.45) is 5.73 Å². The number of hydrogen-bond donors (Lipinski definition) is 3. The van der Waals surface area contributed by atoms with Crippen molar-refractivity contribution >= 4 is 34.2 Å². The SMILES string of the molecule is NC1CC(=O)NC(SCC(=O)c2cccc3ccccc23)N1. The Morgan fingerprint density at radius 2 is 2.00 bits per heavy atom. The third-order valence-electron chi connectivity index (χ3n) is 3.53. The number of carbonyl (C=O) groups is 2. The minimum atomic E-state index is -0.362. The minimum absolute atomic E-state index is 0.0389. The fourth-order valence-electron chi connectivity index (χ4n) is 2.50. The summed E-state index contributed by atoms with van der Waals surface area (Å²) in [7, 11) is 0. The van der Waals surface area contributed by atoms with Gasteiger partial charge in [0.2, 0.25) is 5.91 Å². The number of thioether (sulfide) groups is 1. The van der Waals surface area contributed by atoms with Crippen LogP contribution in [0.3, 0.4) is 0 Å². The molecule has 0 radical (unpaired) electrons. The molecule has 3 rings (SSSR count). The lowest BCUT2D eigenvalue weighted by molar-refractivity contribution is -0.123. The lowest BCUT2D eigenvalue weighted by atomic mass is 10.0. The number of benzene rings is 2. The average Bonchev–Trinajstić information content (AvgIpc) is 2.51. The van der Waals surface area contributed by atoms with Crippen molar-refractivity contribution < 1.29 is 9.59 Å². The van der Waals surface area contributed by atoms with Crippen LogP contribution in [0.15, 0.2) is 42.5 Å². The molecule has 1 aliphatic heterocycles. The van der Waals surface area contributed by atoms with Gasteiger partial charge in [-0.05, 0) is 10.8 Å². The third-order valence-corrected chi connectivity index (χ3v) is 4.55. The second-order valence-corrected chi connectivity index (χ2v) is 6.28. The Balaban J connectivity index is 1.70. The standard InChI is InChI=1S/C16H17N3O2S/c17-14-8-15(21)19-16(18-14)22-9-13(20)12-7-3-5-10-4-1-2-6-11(10)12/h1-7,14,16,18H,8-9,17H2,(H,19,21). The zero-order valence-corrected chi connectivity index (χ0v) is 12.7. The maximum atomic E-state index is 12.5. The highest BCUT2D eigenvalue weighted by Crippen LogP contribution is 2.21. The van der Waals surface area contributed by atoms with Crippen LogP contribution in [0.5, 0.6) is 0 Å². The van der Waals surface area contributed by atoms with Crippen molar-refractivity contribution in [2.45, 2.75) is 18.1 Å². The van der Waals surface area contributed by atoms with Gasteiger partial charge in [0.15, 0.2) is 5.78 Å². The van der Waals surface area contributed by atoms with Crippen LogP contribution in [0.2, 0.25) is 0 Å². The van der Waals surface area contributed by atoms with Gasteiger partial charge in [-0.3, -0.25) is 14.9 Å². The normalized spacial score (nSPS) is 21.6. The van der Waals surface area contributed by atoms with Gasteiger partial charge in [0, 0.05) is 5.56 Å². The molecular formula is C16H17N3O2S. The van der Waals surface area contributed by atoms with E-state index >= 15 is 0 Å². The number of carbonyl (C=O) groups excluding carboxylic acids is 2. The molecule has 0 bridgehead atoms. The van der Waals surface area contributed by atoms with Gasteiger partial charge >= 0.3 is 0 Å². The van der Waals surface area contributed by atoms with Gasteiger partial charge in [-0.2, -0.15) is 0 Å². The Morgan fingerprint density at radius 3 is 2.82 bits per heavy atom. The summed E-state index contributed by atoms with van der Waals surface area (Å²) in [6, 6.07) is 13.5. The maximum Gasteiger partial charge on any atom is 0.224 e. The number of hydrogen-bond acceptors (Lipinski definition) is 5. The van der Waals surface area contributed by atoms with Crippen molar-refractivity contribution in [2.75, 3.05) is 5.75 Å². The monoisotopic (exact) mass is 315 g/mol. The first-order chi connectivity index (χ1) is 10.6. The highest BCUT2D eigenvalue weighted by molar-refractivity contribution is 8.00. The number of rotatable bonds is 4. The lowest BCUT2D eigenvalue weighted by Crippen LogP contribution is -2.58. The number of fused-ring (bicyclic) bond motifs is 1. The third kappa shape index (κ3) is 3.30. The maximum absolute atomic E-state index is 12.5. The summed E-state index contributed by atoms with van der Waals surface area (Å²) in [4.78, 5) is 23.9. The van der Waals surface area contributed by atoms with Gasteiger partial charge in [-0.25, -0.2) is 0 Å². The summed E-state index contributed by atoms with van der Waals surface area (Å²) < 4.78 is 0. The first-order valence-corrected chi connectivity index (χ1v) is 8.12. The van der Waals surface area contributed by atoms with Crippen LogP contribution in [0.4, 0.5) is 0 Å². The van der Waals surface area contributed by atoms with Gasteiger partial charge in [0.1, 0.15) is 5.50 Å². The summed E-state index contributed by atoms with van der Waals surface area (Å²) in [5.41, 5.74) is 6.12. The molecule has 2 aromatic carbocycles. The second kappa shape index (κ2) is 6.48. The van der Waals surface area contributed by atoms with Crippen molar-refractivity contribution in [3.05, 3.63) is 48.0 Å². The summed E-state index contributed by atoms with van der Waals surface area (Å²) >= 11 is 1.34. The van der Waals surface area contributed by atoms with Gasteiger partial charge in [-0.15, -0.1) is 11.8 Å². The molecule has 5 nitrogen and oxygen atoms in total. The fraction of sp³-hybridized carbons (Fsp3) is 0.250. The molecule has 4 N–H and O–H groups in total. The Kier molecular flexibility index (Phi) is 4.42. The van der Waals surface area contributed by atoms with Crippen molar-refractivity contribution in [1.82, 2.24) is 10.6 Å². The smallest absolute Gasteiger partial charge is 0.224 e. The molecule has 1 heterocycles. The molecule has 2 unspecified atom stereocenters. The summed E-state index contributed by atoms with van der Waals surface area (Å²) in [6.45, 7) is 0. The number of amides is 1. The summed E-state index contributed by atoms with van der Waals surface area (Å²) in [5, 5.41) is 7.82. The quantitative estimate of drug-likeness (QED) is 0.743. The van der Waals surface area contributed by atoms with E-state index in [1.54, 1.807) is 0 Å². The molecule has 0 spiro atoms. The summed E-state index contributed by atoms with van der Waals surface area (Å²) in [6.07, 6.45) is -0.104. The van der Waals surface area contributed by atoms with Crippen LogP contribution < -0.4 is 16.4 Å². The largest absolute Gasteiger partial charge is 0.332 e. The Morgan fingerprint density at radius 1 is 1.23 bits per heavy atom. The van der Waals surface area contributed by atoms with E-state index < -0.39 is 0 Å². The number of nitrogens with one attached hydrogen (secondary N) is 2. The second-order valence-electron chi connectivity index (χ2n) is 5.19. The molecule has 0 saturated carbocycles. The Labute approximate surface area is 132 Å². The van der Waals surface area contributed by atoms with Crippen LogP contribution >= 0.6 is 11.8 Å². The van der Waals surface area contributed by atoms with E-state index in [1.165, 1.54) is 11.8 Å². The van der Waals surface area contributed by atoms with Crippen molar-refractivity contribution in [1.29, 1.82) is 0 Å². The molecule has 1 fully saturated rings. The van der Waals surface area contributed by atoms with Gasteiger partial charge in [0.05, 0.1) is 18.3 Å². The van der Waals surface area contributed by atoms with E-state index in [0.717, 1.165) is 10.8 Å².